The summed E-state index contributed by atoms with van der Waals surface area (Å²) in [5.74, 6) is 0. The summed E-state index contributed by atoms with van der Waals surface area (Å²) in [4.78, 5) is 4.01. The van der Waals surface area contributed by atoms with Crippen LogP contribution in [0.1, 0.15) is 11.1 Å². The first kappa shape index (κ1) is 11.8. The molecular formula is C13H11BrN2O. The fourth-order valence-electron chi connectivity index (χ4n) is 1.52. The fourth-order valence-corrected chi connectivity index (χ4v) is 1.79. The summed E-state index contributed by atoms with van der Waals surface area (Å²) in [6, 6.07) is 11.6. The number of benzene rings is 1. The van der Waals surface area contributed by atoms with Crippen LogP contribution in [0.15, 0.2) is 58.4 Å². The van der Waals surface area contributed by atoms with Gasteiger partial charge in [0, 0.05) is 28.9 Å². The minimum atomic E-state index is 0.579. The van der Waals surface area contributed by atoms with Crippen LogP contribution in [0.2, 0.25) is 0 Å². The average molecular weight is 291 g/mol. The summed E-state index contributed by atoms with van der Waals surface area (Å²) < 4.78 is 1.03. The number of halogens is 1. The van der Waals surface area contributed by atoms with Crippen molar-refractivity contribution in [2.75, 3.05) is 0 Å². The van der Waals surface area contributed by atoms with Crippen LogP contribution in [0.3, 0.4) is 0 Å². The molecule has 2 aromatic rings. The van der Waals surface area contributed by atoms with Crippen LogP contribution in [0, 0.1) is 0 Å². The van der Waals surface area contributed by atoms with Crippen LogP contribution in [-0.4, -0.2) is 15.9 Å². The predicted molar refractivity (Wildman–Crippen MR) is 70.4 cm³/mol. The summed E-state index contributed by atoms with van der Waals surface area (Å²) in [7, 11) is 0. The van der Waals surface area contributed by atoms with Gasteiger partial charge in [-0.2, -0.15) is 0 Å². The highest BCUT2D eigenvalue weighted by Gasteiger charge is 2.05. The SMILES string of the molecule is O/N=C(\Cc1ccc(Br)cc1)c1cccnc1. The Hall–Kier alpha value is -1.68. The Kier molecular flexibility index (Phi) is 3.88. The van der Waals surface area contributed by atoms with E-state index in [2.05, 4.69) is 26.1 Å². The largest absolute Gasteiger partial charge is 0.411 e. The molecule has 0 aliphatic heterocycles. The number of rotatable bonds is 3. The van der Waals surface area contributed by atoms with E-state index >= 15 is 0 Å². The highest BCUT2D eigenvalue weighted by molar-refractivity contribution is 9.10. The van der Waals surface area contributed by atoms with E-state index in [4.69, 9.17) is 5.21 Å². The zero-order valence-corrected chi connectivity index (χ0v) is 10.6. The maximum Gasteiger partial charge on any atom is 0.0926 e. The van der Waals surface area contributed by atoms with Gasteiger partial charge < -0.3 is 5.21 Å². The molecule has 1 aromatic carbocycles. The van der Waals surface area contributed by atoms with Gasteiger partial charge in [0.15, 0.2) is 0 Å². The first-order valence-corrected chi connectivity index (χ1v) is 5.94. The minimum Gasteiger partial charge on any atom is -0.411 e. The van der Waals surface area contributed by atoms with Crippen molar-refractivity contribution in [2.24, 2.45) is 5.16 Å². The number of nitrogens with zero attached hydrogens (tertiary/aromatic N) is 2. The van der Waals surface area contributed by atoms with Crippen molar-refractivity contribution >= 4 is 21.6 Å². The monoisotopic (exact) mass is 290 g/mol. The third kappa shape index (κ3) is 3.14. The standard InChI is InChI=1S/C13H11BrN2O/c14-12-5-3-10(4-6-12)8-13(16-17)11-2-1-7-15-9-11/h1-7,9,17H,8H2/b16-13+. The normalized spacial score (nSPS) is 11.5. The molecule has 1 aromatic heterocycles. The van der Waals surface area contributed by atoms with E-state index < -0.39 is 0 Å². The molecule has 86 valence electrons. The molecule has 17 heavy (non-hydrogen) atoms. The number of hydrogen-bond donors (Lipinski definition) is 1. The summed E-state index contributed by atoms with van der Waals surface area (Å²) in [5.41, 5.74) is 2.53. The van der Waals surface area contributed by atoms with E-state index in [0.29, 0.717) is 12.1 Å². The smallest absolute Gasteiger partial charge is 0.0926 e. The van der Waals surface area contributed by atoms with Gasteiger partial charge in [-0.3, -0.25) is 4.98 Å². The fraction of sp³-hybridized carbons (Fsp3) is 0.0769. The van der Waals surface area contributed by atoms with Crippen molar-refractivity contribution in [3.63, 3.8) is 0 Å². The zero-order chi connectivity index (χ0) is 12.1. The van der Waals surface area contributed by atoms with Gasteiger partial charge in [0.2, 0.25) is 0 Å². The molecule has 1 N–H and O–H groups in total. The summed E-state index contributed by atoms with van der Waals surface area (Å²) in [6.07, 6.45) is 3.96. The maximum atomic E-state index is 9.05. The second kappa shape index (κ2) is 5.59. The molecule has 0 radical (unpaired) electrons. The van der Waals surface area contributed by atoms with Crippen LogP contribution < -0.4 is 0 Å². The number of pyridine rings is 1. The lowest BCUT2D eigenvalue weighted by Gasteiger charge is -2.04. The van der Waals surface area contributed by atoms with Crippen molar-refractivity contribution in [3.05, 3.63) is 64.4 Å². The molecule has 0 unspecified atom stereocenters. The lowest BCUT2D eigenvalue weighted by molar-refractivity contribution is 0.318. The van der Waals surface area contributed by atoms with Crippen molar-refractivity contribution in [3.8, 4) is 0 Å². The highest BCUT2D eigenvalue weighted by atomic mass is 79.9. The Labute approximate surface area is 108 Å². The Morgan fingerprint density at radius 3 is 2.59 bits per heavy atom. The van der Waals surface area contributed by atoms with Gasteiger partial charge in [-0.05, 0) is 29.8 Å². The molecule has 0 spiro atoms. The van der Waals surface area contributed by atoms with E-state index in [1.165, 1.54) is 0 Å². The molecule has 0 aliphatic carbocycles. The van der Waals surface area contributed by atoms with Crippen molar-refractivity contribution in [1.82, 2.24) is 4.98 Å². The lowest BCUT2D eigenvalue weighted by Crippen LogP contribution is -2.05. The van der Waals surface area contributed by atoms with Crippen LogP contribution in [0.25, 0.3) is 0 Å². The molecule has 0 aliphatic rings. The Morgan fingerprint density at radius 1 is 1.24 bits per heavy atom. The zero-order valence-electron chi connectivity index (χ0n) is 9.05. The molecule has 4 heteroatoms. The van der Waals surface area contributed by atoms with Gasteiger partial charge in [0.1, 0.15) is 0 Å². The quantitative estimate of drug-likeness (QED) is 0.536. The van der Waals surface area contributed by atoms with Crippen LogP contribution in [0.5, 0.6) is 0 Å². The van der Waals surface area contributed by atoms with E-state index in [1.807, 2.05) is 36.4 Å². The Balaban J connectivity index is 2.19. The van der Waals surface area contributed by atoms with Gasteiger partial charge in [-0.15, -0.1) is 0 Å². The molecule has 0 atom stereocenters. The van der Waals surface area contributed by atoms with Crippen molar-refractivity contribution < 1.29 is 5.21 Å². The number of aromatic nitrogens is 1. The first-order valence-electron chi connectivity index (χ1n) is 5.15. The summed E-state index contributed by atoms with van der Waals surface area (Å²) in [6.45, 7) is 0. The van der Waals surface area contributed by atoms with Gasteiger partial charge in [0.05, 0.1) is 5.71 Å². The highest BCUT2D eigenvalue weighted by Crippen LogP contribution is 2.13. The molecule has 0 fully saturated rings. The topological polar surface area (TPSA) is 45.5 Å². The molecule has 3 nitrogen and oxygen atoms in total. The molecule has 1 heterocycles. The van der Waals surface area contributed by atoms with Crippen molar-refractivity contribution in [1.29, 1.82) is 0 Å². The minimum absolute atomic E-state index is 0.579. The summed E-state index contributed by atoms with van der Waals surface area (Å²) in [5, 5.41) is 12.4. The summed E-state index contributed by atoms with van der Waals surface area (Å²) >= 11 is 3.38. The van der Waals surface area contributed by atoms with Crippen LogP contribution in [0.4, 0.5) is 0 Å². The second-order valence-electron chi connectivity index (χ2n) is 3.59. The Morgan fingerprint density at radius 2 is 2.00 bits per heavy atom. The van der Waals surface area contributed by atoms with Gasteiger partial charge in [-0.1, -0.05) is 33.2 Å². The van der Waals surface area contributed by atoms with E-state index in [-0.39, 0.29) is 0 Å². The first-order chi connectivity index (χ1) is 8.29. The maximum absolute atomic E-state index is 9.05. The van der Waals surface area contributed by atoms with E-state index in [1.54, 1.807) is 12.4 Å². The molecule has 2 rings (SSSR count). The van der Waals surface area contributed by atoms with Crippen LogP contribution >= 0.6 is 15.9 Å². The number of hydrogen-bond acceptors (Lipinski definition) is 3. The number of oxime groups is 1. The van der Waals surface area contributed by atoms with E-state index in [0.717, 1.165) is 15.6 Å². The average Bonchev–Trinajstić information content (AvgIpc) is 2.39. The van der Waals surface area contributed by atoms with E-state index in [9.17, 15) is 0 Å². The lowest BCUT2D eigenvalue weighted by atomic mass is 10.0. The van der Waals surface area contributed by atoms with Gasteiger partial charge in [0.25, 0.3) is 0 Å². The second-order valence-corrected chi connectivity index (χ2v) is 4.51. The Bertz CT molecular complexity index is 509. The van der Waals surface area contributed by atoms with Crippen molar-refractivity contribution in [2.45, 2.75) is 6.42 Å². The molecule has 0 saturated carbocycles. The molecule has 0 bridgehead atoms. The molecular weight excluding hydrogens is 280 g/mol. The third-order valence-corrected chi connectivity index (χ3v) is 2.93. The van der Waals surface area contributed by atoms with Gasteiger partial charge >= 0.3 is 0 Å². The third-order valence-electron chi connectivity index (χ3n) is 2.40. The van der Waals surface area contributed by atoms with Crippen LogP contribution in [-0.2, 0) is 6.42 Å². The molecule has 0 amide bonds. The predicted octanol–water partition coefficient (Wildman–Crippen LogP) is 3.27. The molecule has 0 saturated heterocycles. The van der Waals surface area contributed by atoms with Gasteiger partial charge in [-0.25, -0.2) is 0 Å².